The maximum absolute atomic E-state index is 11.0. The first-order valence-corrected chi connectivity index (χ1v) is 6.10. The van der Waals surface area contributed by atoms with Crippen molar-refractivity contribution in [2.45, 2.75) is 6.92 Å². The molecule has 0 atom stereocenters. The minimum Gasteiger partial charge on any atom is -0.477 e. The zero-order chi connectivity index (χ0) is 14.2. The Morgan fingerprint density at radius 2 is 1.95 bits per heavy atom. The lowest BCUT2D eigenvalue weighted by Gasteiger charge is -1.99. The van der Waals surface area contributed by atoms with Gasteiger partial charge in [-0.1, -0.05) is 0 Å². The molecule has 0 radical (unpaired) electrons. The van der Waals surface area contributed by atoms with E-state index < -0.39 is 10.9 Å². The highest BCUT2D eigenvalue weighted by Crippen LogP contribution is 2.38. The van der Waals surface area contributed by atoms with E-state index in [4.69, 9.17) is 10.8 Å². The van der Waals surface area contributed by atoms with Gasteiger partial charge in [0.15, 0.2) is 0 Å². The van der Waals surface area contributed by atoms with E-state index in [0.717, 1.165) is 11.3 Å². The highest BCUT2D eigenvalue weighted by Gasteiger charge is 2.19. The number of carboxylic acids is 1. The number of carboxylic acid groups (broad SMARTS) is 1. The van der Waals surface area contributed by atoms with E-state index in [1.165, 1.54) is 12.1 Å². The van der Waals surface area contributed by atoms with E-state index in [1.54, 1.807) is 19.1 Å². The number of nitro groups is 1. The number of hydrogen-bond donors (Lipinski definition) is 2. The summed E-state index contributed by atoms with van der Waals surface area (Å²) in [6.45, 7) is 1.73. The molecule has 0 aliphatic rings. The molecule has 0 spiro atoms. The van der Waals surface area contributed by atoms with E-state index in [9.17, 15) is 14.9 Å². The Bertz CT molecular complexity index is 661. The third-order valence-electron chi connectivity index (χ3n) is 2.73. The highest BCUT2D eigenvalue weighted by molar-refractivity contribution is 7.18. The molecular weight excluding hydrogens is 268 g/mol. The van der Waals surface area contributed by atoms with Gasteiger partial charge in [0, 0.05) is 17.0 Å². The molecule has 0 unspecified atom stereocenters. The zero-order valence-electron chi connectivity index (χ0n) is 9.91. The van der Waals surface area contributed by atoms with Crippen LogP contribution in [0.25, 0.3) is 10.4 Å². The molecule has 19 heavy (non-hydrogen) atoms. The molecule has 0 aliphatic heterocycles. The second-order valence-corrected chi connectivity index (χ2v) is 4.93. The molecule has 0 saturated carbocycles. The van der Waals surface area contributed by atoms with Crippen LogP contribution in [-0.2, 0) is 0 Å². The van der Waals surface area contributed by atoms with Gasteiger partial charge in [-0.15, -0.1) is 11.3 Å². The van der Waals surface area contributed by atoms with Crippen molar-refractivity contribution in [1.29, 1.82) is 0 Å². The molecule has 0 fully saturated rings. The number of thiophene rings is 1. The largest absolute Gasteiger partial charge is 0.477 e. The number of nitrogen functional groups attached to an aromatic ring is 1. The SMILES string of the molecule is Cc1c(-c2ccc([N+](=O)[O-])cc2)sc(C(=O)O)c1N. The average molecular weight is 278 g/mol. The Hall–Kier alpha value is -2.41. The molecule has 0 saturated heterocycles. The number of nitro benzene ring substituents is 1. The first kappa shape index (κ1) is 13.0. The number of anilines is 1. The van der Waals surface area contributed by atoms with Gasteiger partial charge in [0.05, 0.1) is 10.6 Å². The number of non-ortho nitro benzene ring substituents is 1. The molecule has 1 aromatic heterocycles. The van der Waals surface area contributed by atoms with Crippen LogP contribution in [0, 0.1) is 17.0 Å². The van der Waals surface area contributed by atoms with Crippen molar-refractivity contribution >= 4 is 28.7 Å². The summed E-state index contributed by atoms with van der Waals surface area (Å²) in [6, 6.07) is 5.93. The second-order valence-electron chi connectivity index (χ2n) is 3.91. The summed E-state index contributed by atoms with van der Waals surface area (Å²) in [5.74, 6) is -1.07. The molecule has 1 aromatic carbocycles. The summed E-state index contributed by atoms with van der Waals surface area (Å²) < 4.78 is 0. The van der Waals surface area contributed by atoms with Crippen LogP contribution in [0.15, 0.2) is 24.3 Å². The molecule has 0 bridgehead atoms. The van der Waals surface area contributed by atoms with Crippen LogP contribution in [0.2, 0.25) is 0 Å². The molecule has 6 nitrogen and oxygen atoms in total. The van der Waals surface area contributed by atoms with Crippen LogP contribution in [0.5, 0.6) is 0 Å². The first-order valence-electron chi connectivity index (χ1n) is 5.28. The number of carbonyl (C=O) groups is 1. The minimum absolute atomic E-state index is 0.00982. The monoisotopic (exact) mass is 278 g/mol. The van der Waals surface area contributed by atoms with Crippen LogP contribution >= 0.6 is 11.3 Å². The van der Waals surface area contributed by atoms with Crippen molar-refractivity contribution in [2.75, 3.05) is 5.73 Å². The Labute approximate surface area is 112 Å². The molecule has 3 N–H and O–H groups in total. The number of aromatic carboxylic acids is 1. The van der Waals surface area contributed by atoms with Gasteiger partial charge in [-0.3, -0.25) is 10.1 Å². The van der Waals surface area contributed by atoms with Gasteiger partial charge in [0.2, 0.25) is 0 Å². The second kappa shape index (κ2) is 4.69. The van der Waals surface area contributed by atoms with Gasteiger partial charge >= 0.3 is 5.97 Å². The van der Waals surface area contributed by atoms with E-state index in [1.807, 2.05) is 0 Å². The van der Waals surface area contributed by atoms with Crippen molar-refractivity contribution in [3.05, 3.63) is 44.8 Å². The Morgan fingerprint density at radius 3 is 2.37 bits per heavy atom. The predicted octanol–water partition coefficient (Wildman–Crippen LogP) is 2.91. The van der Waals surface area contributed by atoms with Gasteiger partial charge in [-0.2, -0.15) is 0 Å². The average Bonchev–Trinajstić information content (AvgIpc) is 2.67. The normalized spacial score (nSPS) is 10.4. The lowest BCUT2D eigenvalue weighted by atomic mass is 10.1. The summed E-state index contributed by atoms with van der Waals surface area (Å²) in [7, 11) is 0. The van der Waals surface area contributed by atoms with Crippen molar-refractivity contribution in [1.82, 2.24) is 0 Å². The smallest absolute Gasteiger partial charge is 0.348 e. The molecule has 7 heteroatoms. The molecule has 2 rings (SSSR count). The molecule has 98 valence electrons. The number of benzene rings is 1. The zero-order valence-corrected chi connectivity index (χ0v) is 10.7. The fourth-order valence-electron chi connectivity index (χ4n) is 1.70. The van der Waals surface area contributed by atoms with E-state index in [0.29, 0.717) is 16.0 Å². The van der Waals surface area contributed by atoms with Crippen molar-refractivity contribution < 1.29 is 14.8 Å². The summed E-state index contributed by atoms with van der Waals surface area (Å²) in [6.07, 6.45) is 0. The van der Waals surface area contributed by atoms with Gasteiger partial charge < -0.3 is 10.8 Å². The fourth-order valence-corrected chi connectivity index (χ4v) is 2.77. The van der Waals surface area contributed by atoms with Gasteiger partial charge in [0.1, 0.15) is 4.88 Å². The standard InChI is InChI=1S/C12H10N2O4S/c1-6-9(13)11(12(15)16)19-10(6)7-2-4-8(5-3-7)14(17)18/h2-5H,13H2,1H3,(H,15,16). The molecular formula is C12H10N2O4S. The fraction of sp³-hybridized carbons (Fsp3) is 0.0833. The Kier molecular flexibility index (Phi) is 3.22. The lowest BCUT2D eigenvalue weighted by molar-refractivity contribution is -0.384. The van der Waals surface area contributed by atoms with E-state index in [2.05, 4.69) is 0 Å². The van der Waals surface area contributed by atoms with Crippen LogP contribution in [0.4, 0.5) is 11.4 Å². The molecule has 0 aliphatic carbocycles. The van der Waals surface area contributed by atoms with Gasteiger partial charge in [-0.25, -0.2) is 4.79 Å². The molecule has 2 aromatic rings. The van der Waals surface area contributed by atoms with Crippen molar-refractivity contribution in [3.63, 3.8) is 0 Å². The lowest BCUT2D eigenvalue weighted by Crippen LogP contribution is -1.97. The predicted molar refractivity (Wildman–Crippen MR) is 72.5 cm³/mol. The Morgan fingerprint density at radius 1 is 1.37 bits per heavy atom. The van der Waals surface area contributed by atoms with Gasteiger partial charge in [0.25, 0.3) is 5.69 Å². The number of nitrogens with zero attached hydrogens (tertiary/aromatic N) is 1. The topological polar surface area (TPSA) is 106 Å². The van der Waals surface area contributed by atoms with Crippen molar-refractivity contribution in [3.8, 4) is 10.4 Å². The third-order valence-corrected chi connectivity index (χ3v) is 4.07. The van der Waals surface area contributed by atoms with Crippen LogP contribution < -0.4 is 5.73 Å². The van der Waals surface area contributed by atoms with Crippen molar-refractivity contribution in [2.24, 2.45) is 0 Å². The minimum atomic E-state index is -1.07. The van der Waals surface area contributed by atoms with Crippen LogP contribution in [0.3, 0.4) is 0 Å². The highest BCUT2D eigenvalue weighted by atomic mass is 32.1. The van der Waals surface area contributed by atoms with Crippen LogP contribution in [-0.4, -0.2) is 16.0 Å². The summed E-state index contributed by atoms with van der Waals surface area (Å²) >= 11 is 1.07. The molecule has 1 heterocycles. The quantitative estimate of drug-likeness (QED) is 0.663. The summed E-state index contributed by atoms with van der Waals surface area (Å²) in [4.78, 5) is 21.9. The van der Waals surface area contributed by atoms with E-state index in [-0.39, 0.29) is 16.3 Å². The number of hydrogen-bond acceptors (Lipinski definition) is 5. The number of rotatable bonds is 3. The maximum atomic E-state index is 11.0. The summed E-state index contributed by atoms with van der Waals surface area (Å²) in [5, 5.41) is 19.6. The first-order chi connectivity index (χ1) is 8.91. The van der Waals surface area contributed by atoms with Gasteiger partial charge in [-0.05, 0) is 30.2 Å². The third kappa shape index (κ3) is 2.27. The molecule has 0 amide bonds. The summed E-state index contributed by atoms with van der Waals surface area (Å²) in [5.41, 5.74) is 7.37. The maximum Gasteiger partial charge on any atom is 0.348 e. The number of nitrogens with two attached hydrogens (primary N) is 1. The Balaban J connectivity index is 2.50. The van der Waals surface area contributed by atoms with E-state index >= 15 is 0 Å². The van der Waals surface area contributed by atoms with Crippen LogP contribution in [0.1, 0.15) is 15.2 Å².